The molecule has 0 radical (unpaired) electrons. The van der Waals surface area contributed by atoms with Crippen LogP contribution in [-0.2, 0) is 15.2 Å². The Labute approximate surface area is 207 Å². The minimum absolute atomic E-state index is 0.0500. The highest BCUT2D eigenvalue weighted by Gasteiger charge is 2.44. The van der Waals surface area contributed by atoms with Gasteiger partial charge in [0.1, 0.15) is 42.2 Å². The molecule has 0 aromatic carbocycles. The Morgan fingerprint density at radius 3 is 2.61 bits per heavy atom. The second-order valence-corrected chi connectivity index (χ2v) is 9.63. The van der Waals surface area contributed by atoms with Crippen molar-refractivity contribution in [3.05, 3.63) is 34.9 Å². The van der Waals surface area contributed by atoms with Crippen LogP contribution in [-0.4, -0.2) is 92.4 Å². The van der Waals surface area contributed by atoms with E-state index in [1.807, 2.05) is 0 Å². The fraction of sp³-hybridized carbons (Fsp3) is 0.550. The van der Waals surface area contributed by atoms with Crippen molar-refractivity contribution in [3.63, 3.8) is 0 Å². The van der Waals surface area contributed by atoms with Gasteiger partial charge in [0.25, 0.3) is 0 Å². The predicted molar refractivity (Wildman–Crippen MR) is 126 cm³/mol. The van der Waals surface area contributed by atoms with Crippen molar-refractivity contribution in [1.82, 2.24) is 29.1 Å². The number of aliphatic hydroxyl groups excluding tert-OH is 4. The van der Waals surface area contributed by atoms with Crippen LogP contribution in [0.5, 0.6) is 0 Å². The molecule has 194 valence electrons. The SMILES string of the molecule is Nc1nc(=O)n([C@H]2CC(O)[C@@H](CO)O2)cc1CSC[C@H]1O[C@@H](n2cnc3c(N)ncnc32)C(O)C1O. The van der Waals surface area contributed by atoms with Gasteiger partial charge in [0.05, 0.1) is 25.1 Å². The molecule has 5 rings (SSSR count). The molecule has 7 atom stereocenters. The highest BCUT2D eigenvalue weighted by Crippen LogP contribution is 2.34. The van der Waals surface area contributed by atoms with Crippen LogP contribution in [0, 0.1) is 0 Å². The van der Waals surface area contributed by atoms with E-state index >= 15 is 0 Å². The highest BCUT2D eigenvalue weighted by atomic mass is 32.2. The van der Waals surface area contributed by atoms with Gasteiger partial charge in [0.2, 0.25) is 0 Å². The average molecular weight is 523 g/mol. The molecule has 3 unspecified atom stereocenters. The van der Waals surface area contributed by atoms with Crippen LogP contribution in [0.4, 0.5) is 11.6 Å². The number of imidazole rings is 1. The van der Waals surface area contributed by atoms with E-state index in [4.69, 9.17) is 20.9 Å². The summed E-state index contributed by atoms with van der Waals surface area (Å²) in [5.41, 5.74) is 12.4. The number of anilines is 2. The quantitative estimate of drug-likeness (QED) is 0.192. The first-order chi connectivity index (χ1) is 17.3. The summed E-state index contributed by atoms with van der Waals surface area (Å²) in [6, 6.07) is 0. The predicted octanol–water partition coefficient (Wildman–Crippen LogP) is -2.26. The van der Waals surface area contributed by atoms with Crippen LogP contribution in [0.2, 0.25) is 0 Å². The van der Waals surface area contributed by atoms with Gasteiger partial charge in [0.15, 0.2) is 17.7 Å². The summed E-state index contributed by atoms with van der Waals surface area (Å²) in [6.45, 7) is -0.372. The first-order valence-electron chi connectivity index (χ1n) is 11.1. The van der Waals surface area contributed by atoms with Crippen LogP contribution in [0.15, 0.2) is 23.6 Å². The molecule has 15 nitrogen and oxygen atoms in total. The van der Waals surface area contributed by atoms with Gasteiger partial charge in [-0.2, -0.15) is 16.7 Å². The molecule has 2 aliphatic heterocycles. The molecular weight excluding hydrogens is 496 g/mol. The van der Waals surface area contributed by atoms with Gasteiger partial charge in [-0.25, -0.2) is 19.7 Å². The number of aliphatic hydroxyl groups is 4. The summed E-state index contributed by atoms with van der Waals surface area (Å²) in [4.78, 5) is 28.4. The fourth-order valence-electron chi connectivity index (χ4n) is 4.33. The lowest BCUT2D eigenvalue weighted by molar-refractivity contribution is -0.0459. The monoisotopic (exact) mass is 522 g/mol. The maximum atomic E-state index is 12.3. The summed E-state index contributed by atoms with van der Waals surface area (Å²) >= 11 is 1.36. The Balaban J connectivity index is 1.26. The molecule has 2 saturated heterocycles. The van der Waals surface area contributed by atoms with Gasteiger partial charge >= 0.3 is 5.69 Å². The summed E-state index contributed by atoms with van der Waals surface area (Å²) < 4.78 is 14.2. The van der Waals surface area contributed by atoms with Gasteiger partial charge in [-0.15, -0.1) is 0 Å². The third kappa shape index (κ3) is 4.40. The Kier molecular flexibility index (Phi) is 6.82. The fourth-order valence-corrected chi connectivity index (χ4v) is 5.40. The second-order valence-electron chi connectivity index (χ2n) is 8.60. The summed E-state index contributed by atoms with van der Waals surface area (Å²) in [5.74, 6) is 0.857. The van der Waals surface area contributed by atoms with E-state index in [1.165, 1.54) is 39.7 Å². The summed E-state index contributed by atoms with van der Waals surface area (Å²) in [5, 5.41) is 40.5. The van der Waals surface area contributed by atoms with E-state index in [-0.39, 0.29) is 24.7 Å². The van der Waals surface area contributed by atoms with Gasteiger partial charge in [-0.1, -0.05) is 0 Å². The van der Waals surface area contributed by atoms with Crippen LogP contribution < -0.4 is 17.2 Å². The molecule has 16 heteroatoms. The zero-order valence-corrected chi connectivity index (χ0v) is 19.7. The third-order valence-electron chi connectivity index (χ3n) is 6.29. The second kappa shape index (κ2) is 9.89. The van der Waals surface area contributed by atoms with Gasteiger partial charge in [0, 0.05) is 29.7 Å². The molecule has 5 heterocycles. The van der Waals surface area contributed by atoms with Crippen molar-refractivity contribution in [2.75, 3.05) is 23.8 Å². The lowest BCUT2D eigenvalue weighted by Gasteiger charge is -2.17. The maximum Gasteiger partial charge on any atom is 0.351 e. The molecule has 0 aliphatic carbocycles. The molecule has 2 fully saturated rings. The Bertz CT molecular complexity index is 1300. The number of rotatable bonds is 7. The minimum Gasteiger partial charge on any atom is -0.394 e. The number of hydrogen-bond donors (Lipinski definition) is 6. The average Bonchev–Trinajstić information content (AvgIpc) is 3.52. The number of fused-ring (bicyclic) bond motifs is 1. The zero-order chi connectivity index (χ0) is 25.6. The van der Waals surface area contributed by atoms with Crippen LogP contribution in [0.25, 0.3) is 11.2 Å². The number of nitrogens with two attached hydrogens (primary N) is 2. The topological polar surface area (TPSA) is 230 Å². The van der Waals surface area contributed by atoms with E-state index in [2.05, 4.69) is 19.9 Å². The molecule has 3 aromatic heterocycles. The van der Waals surface area contributed by atoms with Gasteiger partial charge in [-0.3, -0.25) is 9.13 Å². The van der Waals surface area contributed by atoms with Gasteiger partial charge in [-0.05, 0) is 0 Å². The molecule has 0 bridgehead atoms. The minimum atomic E-state index is -1.23. The normalized spacial score (nSPS) is 30.4. The largest absolute Gasteiger partial charge is 0.394 e. The highest BCUT2D eigenvalue weighted by molar-refractivity contribution is 7.98. The van der Waals surface area contributed by atoms with Crippen molar-refractivity contribution >= 4 is 34.6 Å². The Morgan fingerprint density at radius 2 is 1.86 bits per heavy atom. The van der Waals surface area contributed by atoms with Crippen molar-refractivity contribution in [2.24, 2.45) is 0 Å². The number of nitrogen functional groups attached to an aromatic ring is 2. The van der Waals surface area contributed by atoms with Gasteiger partial charge < -0.3 is 41.4 Å². The molecule has 0 saturated carbocycles. The van der Waals surface area contributed by atoms with Crippen LogP contribution in [0.3, 0.4) is 0 Å². The lowest BCUT2D eigenvalue weighted by atomic mass is 10.1. The molecule has 0 spiro atoms. The first-order valence-corrected chi connectivity index (χ1v) is 12.3. The molecule has 2 aliphatic rings. The van der Waals surface area contributed by atoms with Crippen LogP contribution in [0.1, 0.15) is 24.4 Å². The summed E-state index contributed by atoms with van der Waals surface area (Å²) in [6.07, 6.45) is -2.17. The van der Waals surface area contributed by atoms with E-state index in [0.717, 1.165) is 0 Å². The molecule has 36 heavy (non-hydrogen) atoms. The zero-order valence-electron chi connectivity index (χ0n) is 18.9. The van der Waals surface area contributed by atoms with Crippen molar-refractivity contribution in [2.45, 2.75) is 55.1 Å². The molecule has 3 aromatic rings. The number of aromatic nitrogens is 6. The number of nitrogens with zero attached hydrogens (tertiary/aromatic N) is 6. The van der Waals surface area contributed by atoms with E-state index in [9.17, 15) is 25.2 Å². The smallest absolute Gasteiger partial charge is 0.351 e. The number of thioether (sulfide) groups is 1. The number of hydrogen-bond acceptors (Lipinski definition) is 14. The van der Waals surface area contributed by atoms with E-state index in [1.54, 1.807) is 0 Å². The Morgan fingerprint density at radius 1 is 1.06 bits per heavy atom. The standard InChI is InChI=1S/C20H26N8O7S/c21-16-8(2-27(20(33)26-16)12-1-9(30)10(3-29)34-12)4-36-5-11-14(31)15(32)19(35-11)28-7-25-13-17(22)23-6-24-18(13)28/h2,6-7,9-12,14-15,19,29-32H,1,3-5H2,(H2,21,26,33)(H2,22,23,24)/t9?,10-,11-,12-,14?,15?,19-/m1/s1. The van der Waals surface area contributed by atoms with Crippen molar-refractivity contribution in [1.29, 1.82) is 0 Å². The first kappa shape index (κ1) is 24.8. The molecular formula is C20H26N8O7S. The lowest BCUT2D eigenvalue weighted by Crippen LogP contribution is -2.32. The number of ether oxygens (including phenoxy) is 2. The maximum absolute atomic E-state index is 12.3. The Hall–Kier alpha value is -2.86. The van der Waals surface area contributed by atoms with E-state index in [0.29, 0.717) is 28.2 Å². The van der Waals surface area contributed by atoms with Crippen LogP contribution >= 0.6 is 11.8 Å². The summed E-state index contributed by atoms with van der Waals surface area (Å²) in [7, 11) is 0. The molecule has 8 N–H and O–H groups in total. The third-order valence-corrected chi connectivity index (χ3v) is 7.37. The van der Waals surface area contributed by atoms with Crippen molar-refractivity contribution < 1.29 is 29.9 Å². The molecule has 0 amide bonds. The van der Waals surface area contributed by atoms with Crippen molar-refractivity contribution in [3.8, 4) is 0 Å². The van der Waals surface area contributed by atoms with E-state index < -0.39 is 48.7 Å².